The zero-order valence-electron chi connectivity index (χ0n) is 17.7. The van der Waals surface area contributed by atoms with Crippen LogP contribution in [0.15, 0.2) is 60.7 Å². The van der Waals surface area contributed by atoms with Gasteiger partial charge in [-0.15, -0.1) is 0 Å². The molecule has 0 spiro atoms. The molecular formula is C23H31N3O4. The number of alkyl carbamates (subject to hydrolysis) is 1. The Kier molecular flexibility index (Phi) is 8.38. The highest BCUT2D eigenvalue weighted by molar-refractivity contribution is 5.81. The quantitative estimate of drug-likeness (QED) is 0.504. The summed E-state index contributed by atoms with van der Waals surface area (Å²) in [4.78, 5) is 24.2. The lowest BCUT2D eigenvalue weighted by Crippen LogP contribution is -2.51. The molecule has 0 saturated heterocycles. The normalized spacial score (nSPS) is 14.4. The van der Waals surface area contributed by atoms with E-state index in [0.29, 0.717) is 12.0 Å². The van der Waals surface area contributed by atoms with Gasteiger partial charge in [-0.1, -0.05) is 60.7 Å². The van der Waals surface area contributed by atoms with E-state index in [4.69, 9.17) is 10.5 Å². The number of ether oxygens (including phenoxy) is 1. The Bertz CT molecular complexity index is 806. The summed E-state index contributed by atoms with van der Waals surface area (Å²) >= 11 is 0. The highest BCUT2D eigenvalue weighted by Crippen LogP contribution is 2.14. The lowest BCUT2D eigenvalue weighted by Gasteiger charge is -2.28. The van der Waals surface area contributed by atoms with E-state index in [1.807, 2.05) is 48.5 Å². The first-order valence-corrected chi connectivity index (χ1v) is 9.95. The van der Waals surface area contributed by atoms with E-state index >= 15 is 0 Å². The maximum Gasteiger partial charge on any atom is 0.407 e. The fourth-order valence-corrected chi connectivity index (χ4v) is 3.02. The van der Waals surface area contributed by atoms with Gasteiger partial charge in [0.2, 0.25) is 5.91 Å². The van der Waals surface area contributed by atoms with Crippen molar-refractivity contribution in [3.8, 4) is 0 Å². The van der Waals surface area contributed by atoms with Crippen LogP contribution in [0.2, 0.25) is 0 Å². The van der Waals surface area contributed by atoms with Crippen molar-refractivity contribution in [3.05, 3.63) is 71.8 Å². The summed E-state index contributed by atoms with van der Waals surface area (Å²) < 4.78 is 5.33. The number of benzene rings is 2. The lowest BCUT2D eigenvalue weighted by molar-refractivity contribution is -0.120. The average Bonchev–Trinajstić information content (AvgIpc) is 2.67. The lowest BCUT2D eigenvalue weighted by atomic mass is 10.00. The van der Waals surface area contributed by atoms with Crippen LogP contribution in [0, 0.1) is 0 Å². The predicted octanol–water partition coefficient (Wildman–Crippen LogP) is 2.30. The van der Waals surface area contributed by atoms with Crippen LogP contribution in [-0.2, 0) is 16.0 Å². The average molecular weight is 414 g/mol. The Morgan fingerprint density at radius 1 is 1.03 bits per heavy atom. The number of rotatable bonds is 9. The van der Waals surface area contributed by atoms with Crippen molar-refractivity contribution in [2.75, 3.05) is 6.54 Å². The van der Waals surface area contributed by atoms with Crippen LogP contribution in [0.3, 0.4) is 0 Å². The van der Waals surface area contributed by atoms with Crippen molar-refractivity contribution in [2.24, 2.45) is 5.73 Å². The highest BCUT2D eigenvalue weighted by Gasteiger charge is 2.26. The van der Waals surface area contributed by atoms with Crippen molar-refractivity contribution in [1.82, 2.24) is 10.6 Å². The van der Waals surface area contributed by atoms with Gasteiger partial charge in [0.15, 0.2) is 0 Å². The molecular weight excluding hydrogens is 382 g/mol. The number of primary amides is 1. The molecule has 0 radical (unpaired) electrons. The molecule has 2 amide bonds. The Labute approximate surface area is 177 Å². The molecule has 0 bridgehead atoms. The maximum atomic E-state index is 12.3. The third-order valence-corrected chi connectivity index (χ3v) is 4.41. The Morgan fingerprint density at radius 3 is 2.13 bits per heavy atom. The van der Waals surface area contributed by atoms with Crippen molar-refractivity contribution in [1.29, 1.82) is 0 Å². The second-order valence-corrected chi connectivity index (χ2v) is 8.16. The second-order valence-electron chi connectivity index (χ2n) is 8.16. The zero-order valence-corrected chi connectivity index (χ0v) is 17.7. The first-order chi connectivity index (χ1) is 14.2. The van der Waals surface area contributed by atoms with Gasteiger partial charge < -0.3 is 20.9 Å². The van der Waals surface area contributed by atoms with Crippen molar-refractivity contribution < 1.29 is 19.4 Å². The molecule has 0 unspecified atom stereocenters. The standard InChI is InChI=1S/C23H31N3O4/c1-23(2,3)30-22(29)26-18(14-16-10-6-4-7-11-16)19(27)15-25-20(21(24)28)17-12-8-5-9-13-17/h4-13,18-20,25,27H,14-15H2,1-3H3,(H2,24,28)(H,26,29)/t18-,19-,20-/m0/s1. The third-order valence-electron chi connectivity index (χ3n) is 4.41. The molecule has 7 nitrogen and oxygen atoms in total. The molecule has 0 aliphatic carbocycles. The Balaban J connectivity index is 2.09. The Hall–Kier alpha value is -2.90. The van der Waals surface area contributed by atoms with Crippen molar-refractivity contribution in [2.45, 2.75) is 51.0 Å². The van der Waals surface area contributed by atoms with Crippen LogP contribution in [-0.4, -0.2) is 41.4 Å². The molecule has 0 fully saturated rings. The molecule has 2 aromatic carbocycles. The molecule has 5 N–H and O–H groups in total. The topological polar surface area (TPSA) is 114 Å². The molecule has 2 rings (SSSR count). The van der Waals surface area contributed by atoms with Gasteiger partial charge in [-0.2, -0.15) is 0 Å². The minimum atomic E-state index is -0.983. The smallest absolute Gasteiger partial charge is 0.407 e. The maximum absolute atomic E-state index is 12.3. The summed E-state index contributed by atoms with van der Waals surface area (Å²) in [5.74, 6) is -0.548. The van der Waals surface area contributed by atoms with E-state index in [1.54, 1.807) is 32.9 Å². The summed E-state index contributed by atoms with van der Waals surface area (Å²) in [6.45, 7) is 5.37. The first kappa shape index (κ1) is 23.4. The van der Waals surface area contributed by atoms with Gasteiger partial charge in [-0.3, -0.25) is 10.1 Å². The molecule has 30 heavy (non-hydrogen) atoms. The SMILES string of the molecule is CC(C)(C)OC(=O)N[C@@H](Cc1ccccc1)[C@@H](O)CN[C@H](C(N)=O)c1ccccc1. The van der Waals surface area contributed by atoms with Gasteiger partial charge in [0.25, 0.3) is 0 Å². The first-order valence-electron chi connectivity index (χ1n) is 9.95. The van der Waals surface area contributed by atoms with Gasteiger partial charge in [0, 0.05) is 6.54 Å². The van der Waals surface area contributed by atoms with Gasteiger partial charge in [0.05, 0.1) is 12.1 Å². The molecule has 0 aromatic heterocycles. The molecule has 0 aliphatic heterocycles. The molecule has 0 aliphatic rings. The molecule has 0 saturated carbocycles. The van der Waals surface area contributed by atoms with Gasteiger partial charge in [0.1, 0.15) is 11.6 Å². The number of hydrogen-bond donors (Lipinski definition) is 4. The molecule has 2 aromatic rings. The molecule has 3 atom stereocenters. The predicted molar refractivity (Wildman–Crippen MR) is 116 cm³/mol. The molecule has 0 heterocycles. The second kappa shape index (κ2) is 10.8. The number of nitrogens with one attached hydrogen (secondary N) is 2. The third kappa shape index (κ3) is 7.85. The van der Waals surface area contributed by atoms with Crippen LogP contribution in [0.1, 0.15) is 37.9 Å². The summed E-state index contributed by atoms with van der Waals surface area (Å²) in [6.07, 6.45) is -1.20. The van der Waals surface area contributed by atoms with Crippen LogP contribution >= 0.6 is 0 Å². The van der Waals surface area contributed by atoms with Gasteiger partial charge in [-0.05, 0) is 38.3 Å². The molecule has 162 valence electrons. The minimum absolute atomic E-state index is 0.0514. The fourth-order valence-electron chi connectivity index (χ4n) is 3.02. The number of aliphatic hydroxyl groups is 1. The number of carbonyl (C=O) groups is 2. The van der Waals surface area contributed by atoms with Crippen LogP contribution in [0.25, 0.3) is 0 Å². The summed E-state index contributed by atoms with van der Waals surface area (Å²) in [7, 11) is 0. The van der Waals surface area contributed by atoms with Crippen LogP contribution in [0.4, 0.5) is 4.79 Å². The number of amides is 2. The van der Waals surface area contributed by atoms with Gasteiger partial charge >= 0.3 is 6.09 Å². The number of hydrogen-bond acceptors (Lipinski definition) is 5. The van der Waals surface area contributed by atoms with Crippen LogP contribution < -0.4 is 16.4 Å². The molecule has 7 heteroatoms. The van der Waals surface area contributed by atoms with E-state index in [0.717, 1.165) is 5.56 Å². The number of nitrogens with two attached hydrogens (primary N) is 1. The van der Waals surface area contributed by atoms with E-state index < -0.39 is 35.8 Å². The summed E-state index contributed by atoms with van der Waals surface area (Å²) in [6, 6.07) is 17.2. The van der Waals surface area contributed by atoms with E-state index in [-0.39, 0.29) is 6.54 Å². The fraction of sp³-hybridized carbons (Fsp3) is 0.391. The highest BCUT2D eigenvalue weighted by atomic mass is 16.6. The summed E-state index contributed by atoms with van der Waals surface area (Å²) in [5.41, 5.74) is 6.53. The Morgan fingerprint density at radius 2 is 1.60 bits per heavy atom. The van der Waals surface area contributed by atoms with Crippen molar-refractivity contribution >= 4 is 12.0 Å². The van der Waals surface area contributed by atoms with Crippen molar-refractivity contribution in [3.63, 3.8) is 0 Å². The number of carbonyl (C=O) groups excluding carboxylic acids is 2. The number of aliphatic hydroxyl groups excluding tert-OH is 1. The van der Waals surface area contributed by atoms with E-state index in [9.17, 15) is 14.7 Å². The largest absolute Gasteiger partial charge is 0.444 e. The summed E-state index contributed by atoms with van der Waals surface area (Å²) in [5, 5.41) is 16.6. The van der Waals surface area contributed by atoms with E-state index in [1.165, 1.54) is 0 Å². The van der Waals surface area contributed by atoms with Gasteiger partial charge in [-0.25, -0.2) is 4.79 Å². The minimum Gasteiger partial charge on any atom is -0.444 e. The van der Waals surface area contributed by atoms with E-state index in [2.05, 4.69) is 10.6 Å². The monoisotopic (exact) mass is 413 g/mol. The zero-order chi connectivity index (χ0) is 22.1. The van der Waals surface area contributed by atoms with Crippen LogP contribution in [0.5, 0.6) is 0 Å².